The number of nitrogen functional groups attached to an aromatic ring is 1. The third kappa shape index (κ3) is 4.11. The number of hydrogen-bond acceptors (Lipinski definition) is 6. The smallest absolute Gasteiger partial charge is 0.292 e. The van der Waals surface area contributed by atoms with Crippen molar-refractivity contribution in [2.24, 2.45) is 0 Å². The van der Waals surface area contributed by atoms with Crippen molar-refractivity contribution in [3.8, 4) is 11.1 Å². The first-order chi connectivity index (χ1) is 11.4. The molecule has 130 valence electrons. The maximum absolute atomic E-state index is 10.8. The highest BCUT2D eigenvalue weighted by Gasteiger charge is 2.17. The summed E-state index contributed by atoms with van der Waals surface area (Å²) >= 11 is 0. The van der Waals surface area contributed by atoms with Gasteiger partial charge in [0.1, 0.15) is 11.4 Å². The van der Waals surface area contributed by atoms with E-state index >= 15 is 0 Å². The third-order valence-electron chi connectivity index (χ3n) is 4.18. The van der Waals surface area contributed by atoms with Crippen molar-refractivity contribution in [3.63, 3.8) is 0 Å². The molecule has 1 aromatic carbocycles. The van der Waals surface area contributed by atoms with E-state index in [0.717, 1.165) is 5.56 Å². The maximum Gasteiger partial charge on any atom is 0.292 e. The molecule has 0 radical (unpaired) electrons. The Labute approximate surface area is 140 Å². The summed E-state index contributed by atoms with van der Waals surface area (Å²) in [6.45, 7) is 3.55. The first-order valence-corrected chi connectivity index (χ1v) is 7.94. The summed E-state index contributed by atoms with van der Waals surface area (Å²) in [6, 6.07) is 4.66. The molecule has 24 heavy (non-hydrogen) atoms. The zero-order valence-electron chi connectivity index (χ0n) is 14.2. The van der Waals surface area contributed by atoms with Crippen LogP contribution in [0, 0.1) is 24.0 Å². The lowest BCUT2D eigenvalue weighted by molar-refractivity contribution is -0.383. The molecule has 0 atom stereocenters. The Hall–Kier alpha value is -2.41. The molecule has 0 spiro atoms. The highest BCUT2D eigenvalue weighted by atomic mass is 16.6. The van der Waals surface area contributed by atoms with Crippen molar-refractivity contribution in [2.75, 3.05) is 12.8 Å². The molecule has 0 aliphatic heterocycles. The van der Waals surface area contributed by atoms with Crippen LogP contribution < -0.4 is 5.73 Å². The van der Waals surface area contributed by atoms with Gasteiger partial charge in [-0.15, -0.1) is 0 Å². The second-order valence-corrected chi connectivity index (χ2v) is 5.87. The van der Waals surface area contributed by atoms with Gasteiger partial charge in [0.25, 0.3) is 5.69 Å². The molecule has 0 saturated heterocycles. The van der Waals surface area contributed by atoms with Gasteiger partial charge in [0.05, 0.1) is 16.7 Å². The Bertz CT molecular complexity index is 686. The summed E-state index contributed by atoms with van der Waals surface area (Å²) in [7, 11) is 1.80. The number of aryl methyl sites for hydroxylation is 2. The fourth-order valence-corrected chi connectivity index (χ4v) is 2.88. The number of nitrogens with zero attached hydrogens (tertiary/aromatic N) is 2. The van der Waals surface area contributed by atoms with E-state index in [-0.39, 0.29) is 11.4 Å². The Morgan fingerprint density at radius 1 is 1.33 bits per heavy atom. The molecule has 0 bridgehead atoms. The Morgan fingerprint density at radius 3 is 2.46 bits per heavy atom. The van der Waals surface area contributed by atoms with Crippen LogP contribution in [0.15, 0.2) is 22.7 Å². The lowest BCUT2D eigenvalue weighted by atomic mass is 10.0. The van der Waals surface area contributed by atoms with Crippen molar-refractivity contribution in [1.29, 1.82) is 0 Å². The number of ether oxygens (including phenoxy) is 1. The minimum absolute atomic E-state index is 0.109. The normalized spacial score (nSPS) is 14.3. The van der Waals surface area contributed by atoms with Crippen LogP contribution in [0.25, 0.3) is 11.1 Å². The van der Waals surface area contributed by atoms with Crippen LogP contribution in [-0.2, 0) is 4.74 Å². The van der Waals surface area contributed by atoms with Crippen molar-refractivity contribution < 1.29 is 14.2 Å². The number of benzene rings is 1. The molecule has 0 amide bonds. The van der Waals surface area contributed by atoms with Gasteiger partial charge < -0.3 is 15.0 Å². The second kappa shape index (κ2) is 7.92. The Kier molecular flexibility index (Phi) is 5.92. The van der Waals surface area contributed by atoms with Crippen LogP contribution in [0.3, 0.4) is 0 Å². The van der Waals surface area contributed by atoms with E-state index in [1.54, 1.807) is 27.0 Å². The molecule has 1 fully saturated rings. The number of nitrogens with two attached hydrogens (primary N) is 1. The molecule has 7 heteroatoms. The molecular weight excluding hydrogens is 310 g/mol. The maximum atomic E-state index is 10.8. The average molecular weight is 333 g/mol. The third-order valence-corrected chi connectivity index (χ3v) is 4.18. The quantitative estimate of drug-likeness (QED) is 0.516. The van der Waals surface area contributed by atoms with Crippen LogP contribution >= 0.6 is 0 Å². The minimum Gasteiger partial charge on any atom is -0.393 e. The lowest BCUT2D eigenvalue weighted by Gasteiger charge is -2.02. The zero-order chi connectivity index (χ0) is 17.7. The molecule has 1 aliphatic rings. The summed E-state index contributed by atoms with van der Waals surface area (Å²) in [5.41, 5.74) is 7.72. The fraction of sp³-hybridized carbons (Fsp3) is 0.471. The largest absolute Gasteiger partial charge is 0.393 e. The fourth-order valence-electron chi connectivity index (χ4n) is 2.88. The van der Waals surface area contributed by atoms with Gasteiger partial charge in [-0.05, 0) is 38.3 Å². The van der Waals surface area contributed by atoms with Gasteiger partial charge in [0, 0.05) is 18.7 Å². The molecule has 7 nitrogen and oxygen atoms in total. The number of anilines is 1. The molecule has 1 aromatic heterocycles. The van der Waals surface area contributed by atoms with E-state index in [1.807, 2.05) is 0 Å². The summed E-state index contributed by atoms with van der Waals surface area (Å²) in [5, 5.41) is 14.6. The van der Waals surface area contributed by atoms with Crippen LogP contribution in [0.1, 0.15) is 37.1 Å². The summed E-state index contributed by atoms with van der Waals surface area (Å²) in [6.07, 6.45) is 5.92. The van der Waals surface area contributed by atoms with E-state index in [9.17, 15) is 10.1 Å². The van der Waals surface area contributed by atoms with E-state index < -0.39 is 4.92 Å². The van der Waals surface area contributed by atoms with Gasteiger partial charge in [0.2, 0.25) is 0 Å². The summed E-state index contributed by atoms with van der Waals surface area (Å²) in [4.78, 5) is 10.3. The number of nitro groups is 1. The molecule has 0 unspecified atom stereocenters. The lowest BCUT2D eigenvalue weighted by Crippen LogP contribution is -2.01. The number of nitro benzene ring substituents is 1. The predicted molar refractivity (Wildman–Crippen MR) is 91.7 cm³/mol. The molecule has 1 saturated carbocycles. The number of hydrogen-bond donors (Lipinski definition) is 1. The number of rotatable bonds is 3. The molecule has 1 aliphatic carbocycles. The van der Waals surface area contributed by atoms with Gasteiger partial charge in [-0.1, -0.05) is 24.1 Å². The average Bonchev–Trinajstić information content (AvgIpc) is 3.19. The monoisotopic (exact) mass is 333 g/mol. The van der Waals surface area contributed by atoms with E-state index in [2.05, 4.69) is 5.16 Å². The zero-order valence-corrected chi connectivity index (χ0v) is 14.2. The molecule has 2 aromatic rings. The van der Waals surface area contributed by atoms with Gasteiger partial charge in [-0.2, -0.15) is 0 Å². The van der Waals surface area contributed by atoms with Gasteiger partial charge in [0.15, 0.2) is 0 Å². The highest BCUT2D eigenvalue weighted by molar-refractivity contribution is 5.74. The van der Waals surface area contributed by atoms with E-state index in [4.69, 9.17) is 15.0 Å². The van der Waals surface area contributed by atoms with Gasteiger partial charge in [-0.25, -0.2) is 0 Å². The van der Waals surface area contributed by atoms with E-state index in [0.29, 0.717) is 23.1 Å². The summed E-state index contributed by atoms with van der Waals surface area (Å²) in [5.74, 6) is 0.626. The molecular formula is C17H23N3O4. The standard InChI is InChI=1S/C11H11N3O3.C6H12O/c1-6-11(7(2)17-13-6)8-3-4-9(12)10(5-8)14(15)16;1-7-6-4-2-3-5-6/h3-5H,12H2,1-2H3;6H,2-5H2,1H3. The predicted octanol–water partition coefficient (Wildman–Crippen LogP) is 4.02. The van der Waals surface area contributed by atoms with Crippen LogP contribution in [-0.4, -0.2) is 23.3 Å². The van der Waals surface area contributed by atoms with Gasteiger partial charge in [-0.3, -0.25) is 10.1 Å². The van der Waals surface area contributed by atoms with Crippen molar-refractivity contribution in [3.05, 3.63) is 39.8 Å². The molecule has 1 heterocycles. The van der Waals surface area contributed by atoms with Crippen LogP contribution in [0.4, 0.5) is 11.4 Å². The first-order valence-electron chi connectivity index (χ1n) is 7.94. The number of aromatic nitrogens is 1. The summed E-state index contributed by atoms with van der Waals surface area (Å²) < 4.78 is 10.1. The highest BCUT2D eigenvalue weighted by Crippen LogP contribution is 2.32. The minimum atomic E-state index is -0.503. The van der Waals surface area contributed by atoms with E-state index in [1.165, 1.54) is 37.8 Å². The molecule has 2 N–H and O–H groups in total. The van der Waals surface area contributed by atoms with Crippen LogP contribution in [0.5, 0.6) is 0 Å². The Balaban J connectivity index is 0.000000249. The Morgan fingerprint density at radius 2 is 2.00 bits per heavy atom. The topological polar surface area (TPSA) is 104 Å². The van der Waals surface area contributed by atoms with Gasteiger partial charge >= 0.3 is 0 Å². The van der Waals surface area contributed by atoms with Crippen LogP contribution in [0.2, 0.25) is 0 Å². The van der Waals surface area contributed by atoms with Crippen molar-refractivity contribution >= 4 is 11.4 Å². The van der Waals surface area contributed by atoms with Crippen molar-refractivity contribution in [1.82, 2.24) is 5.16 Å². The SMILES string of the molecule is COC1CCCC1.Cc1noc(C)c1-c1ccc(N)c([N+](=O)[O-])c1. The molecule has 3 rings (SSSR count). The van der Waals surface area contributed by atoms with Crippen molar-refractivity contribution in [2.45, 2.75) is 45.6 Å². The number of methoxy groups -OCH3 is 1. The second-order valence-electron chi connectivity index (χ2n) is 5.87. The first kappa shape index (κ1) is 17.9.